The smallest absolute Gasteiger partial charge is 0.424 e. The highest BCUT2D eigenvalue weighted by molar-refractivity contribution is 5.67. The van der Waals surface area contributed by atoms with Crippen molar-refractivity contribution in [2.24, 2.45) is 5.84 Å². The molecule has 1 amide bonds. The first-order valence-electron chi connectivity index (χ1n) is 3.80. The largest absolute Gasteiger partial charge is 0.448 e. The summed E-state index contributed by atoms with van der Waals surface area (Å²) < 4.78 is 4.78. The van der Waals surface area contributed by atoms with Crippen molar-refractivity contribution in [2.45, 2.75) is 33.2 Å². The van der Waals surface area contributed by atoms with Crippen molar-refractivity contribution in [3.8, 4) is 0 Å². The molecule has 0 aliphatic rings. The van der Waals surface area contributed by atoms with Crippen LogP contribution in [0.3, 0.4) is 0 Å². The Hall–Kier alpha value is -0.770. The second-order valence-corrected chi connectivity index (χ2v) is 2.62. The van der Waals surface area contributed by atoms with E-state index in [1.54, 1.807) is 0 Å². The number of nitrogens with two attached hydrogens (primary N) is 1. The van der Waals surface area contributed by atoms with Gasteiger partial charge in [0.2, 0.25) is 0 Å². The van der Waals surface area contributed by atoms with E-state index in [1.165, 1.54) is 0 Å². The van der Waals surface area contributed by atoms with Crippen LogP contribution in [-0.4, -0.2) is 23.8 Å². The van der Waals surface area contributed by atoms with Gasteiger partial charge in [-0.1, -0.05) is 6.92 Å². The van der Waals surface area contributed by atoms with Crippen LogP contribution in [0.25, 0.3) is 0 Å². The second kappa shape index (κ2) is 4.96. The molecule has 66 valence electrons. The van der Waals surface area contributed by atoms with Gasteiger partial charge in [-0.15, -0.1) is 0 Å². The van der Waals surface area contributed by atoms with Gasteiger partial charge >= 0.3 is 6.09 Å². The van der Waals surface area contributed by atoms with E-state index in [1.807, 2.05) is 20.8 Å². The molecule has 0 unspecified atom stereocenters. The summed E-state index contributed by atoms with van der Waals surface area (Å²) in [6.45, 7) is 6.02. The van der Waals surface area contributed by atoms with E-state index in [0.29, 0.717) is 6.61 Å². The van der Waals surface area contributed by atoms with Crippen LogP contribution in [0.2, 0.25) is 0 Å². The summed E-state index contributed by atoms with van der Waals surface area (Å²) in [5.41, 5.74) is 0. The molecule has 0 radical (unpaired) electrons. The zero-order valence-corrected chi connectivity index (χ0v) is 7.33. The number of ether oxygens (including phenoxy) is 1. The standard InChI is InChI=1S/C7H16N2O2/c1-4-5-11-7(10)9(8)6(2)3/h6H,4-5,8H2,1-3H3. The van der Waals surface area contributed by atoms with E-state index in [0.717, 1.165) is 11.4 Å². The van der Waals surface area contributed by atoms with Gasteiger partial charge in [0.15, 0.2) is 0 Å². The molecule has 4 heteroatoms. The number of amides is 1. The topological polar surface area (TPSA) is 55.6 Å². The van der Waals surface area contributed by atoms with Crippen molar-refractivity contribution in [1.82, 2.24) is 5.01 Å². The predicted molar refractivity (Wildman–Crippen MR) is 42.8 cm³/mol. The summed E-state index contributed by atoms with van der Waals surface area (Å²) in [5.74, 6) is 5.36. The number of rotatable bonds is 3. The molecule has 0 heterocycles. The molecule has 4 nitrogen and oxygen atoms in total. The molecule has 0 bridgehead atoms. The minimum absolute atomic E-state index is 0.0145. The van der Waals surface area contributed by atoms with Gasteiger partial charge in [-0.2, -0.15) is 0 Å². The average molecular weight is 160 g/mol. The Labute approximate surface area is 67.3 Å². The maximum Gasteiger partial charge on any atom is 0.424 e. The van der Waals surface area contributed by atoms with Crippen LogP contribution in [0.4, 0.5) is 4.79 Å². The molecule has 0 saturated heterocycles. The lowest BCUT2D eigenvalue weighted by Gasteiger charge is -2.19. The van der Waals surface area contributed by atoms with Gasteiger partial charge < -0.3 is 4.74 Å². The highest BCUT2D eigenvalue weighted by Crippen LogP contribution is 1.94. The van der Waals surface area contributed by atoms with Gasteiger partial charge in [-0.05, 0) is 20.3 Å². The molecule has 0 saturated carbocycles. The van der Waals surface area contributed by atoms with E-state index >= 15 is 0 Å². The predicted octanol–water partition coefficient (Wildman–Crippen LogP) is 1.12. The lowest BCUT2D eigenvalue weighted by atomic mass is 10.4. The third-order valence-electron chi connectivity index (χ3n) is 1.20. The first-order valence-corrected chi connectivity index (χ1v) is 3.80. The fourth-order valence-corrected chi connectivity index (χ4v) is 0.475. The van der Waals surface area contributed by atoms with Crippen LogP contribution in [0.1, 0.15) is 27.2 Å². The van der Waals surface area contributed by atoms with Gasteiger partial charge in [0, 0.05) is 6.04 Å². The Morgan fingerprint density at radius 1 is 1.64 bits per heavy atom. The quantitative estimate of drug-likeness (QED) is 0.382. The molecule has 0 aliphatic carbocycles. The Bertz CT molecular complexity index is 126. The Kier molecular flexibility index (Phi) is 4.61. The van der Waals surface area contributed by atoms with Crippen LogP contribution < -0.4 is 5.84 Å². The molecular formula is C7H16N2O2. The minimum Gasteiger partial charge on any atom is -0.448 e. The molecule has 0 fully saturated rings. The van der Waals surface area contributed by atoms with Gasteiger partial charge in [-0.3, -0.25) is 0 Å². The van der Waals surface area contributed by atoms with Crippen LogP contribution in [0, 0.1) is 0 Å². The summed E-state index contributed by atoms with van der Waals surface area (Å²) in [7, 11) is 0. The lowest BCUT2D eigenvalue weighted by molar-refractivity contribution is 0.0919. The average Bonchev–Trinajstić information content (AvgIpc) is 1.98. The van der Waals surface area contributed by atoms with Crippen molar-refractivity contribution in [1.29, 1.82) is 0 Å². The maximum absolute atomic E-state index is 10.9. The molecule has 2 N–H and O–H groups in total. The highest BCUT2D eigenvalue weighted by atomic mass is 16.6. The zero-order valence-electron chi connectivity index (χ0n) is 7.33. The SMILES string of the molecule is CCCOC(=O)N(N)C(C)C. The summed E-state index contributed by atoms with van der Waals surface area (Å²) in [6.07, 6.45) is 0.361. The number of carbonyl (C=O) groups is 1. The van der Waals surface area contributed by atoms with Crippen LogP contribution >= 0.6 is 0 Å². The van der Waals surface area contributed by atoms with Crippen LogP contribution in [0.15, 0.2) is 0 Å². The fraction of sp³-hybridized carbons (Fsp3) is 0.857. The van der Waals surface area contributed by atoms with Crippen molar-refractivity contribution >= 4 is 6.09 Å². The van der Waals surface area contributed by atoms with E-state index in [4.69, 9.17) is 10.6 Å². The monoisotopic (exact) mass is 160 g/mol. The lowest BCUT2D eigenvalue weighted by Crippen LogP contribution is -2.43. The fourth-order valence-electron chi connectivity index (χ4n) is 0.475. The molecule has 0 atom stereocenters. The van der Waals surface area contributed by atoms with Gasteiger partial charge in [0.25, 0.3) is 0 Å². The van der Waals surface area contributed by atoms with E-state index < -0.39 is 6.09 Å². The number of hydrazine groups is 1. The van der Waals surface area contributed by atoms with Gasteiger partial charge in [0.1, 0.15) is 0 Å². The third kappa shape index (κ3) is 3.83. The molecule has 0 aliphatic heterocycles. The Morgan fingerprint density at radius 3 is 2.55 bits per heavy atom. The highest BCUT2D eigenvalue weighted by Gasteiger charge is 2.12. The number of nitrogens with zero attached hydrogens (tertiary/aromatic N) is 1. The van der Waals surface area contributed by atoms with E-state index in [9.17, 15) is 4.79 Å². The molecular weight excluding hydrogens is 144 g/mol. The maximum atomic E-state index is 10.9. The summed E-state index contributed by atoms with van der Waals surface area (Å²) >= 11 is 0. The molecule has 0 spiro atoms. The molecule has 0 aromatic carbocycles. The number of hydrogen-bond acceptors (Lipinski definition) is 3. The van der Waals surface area contributed by atoms with Gasteiger partial charge in [0.05, 0.1) is 6.61 Å². The van der Waals surface area contributed by atoms with Crippen molar-refractivity contribution < 1.29 is 9.53 Å². The Balaban J connectivity index is 3.64. The normalized spacial score (nSPS) is 9.91. The third-order valence-corrected chi connectivity index (χ3v) is 1.20. The molecule has 0 aromatic rings. The van der Waals surface area contributed by atoms with Crippen molar-refractivity contribution in [3.63, 3.8) is 0 Å². The minimum atomic E-state index is -0.457. The second-order valence-electron chi connectivity index (χ2n) is 2.62. The molecule has 0 rings (SSSR count). The summed E-state index contributed by atoms with van der Waals surface area (Å²) in [4.78, 5) is 10.9. The van der Waals surface area contributed by atoms with E-state index in [-0.39, 0.29) is 6.04 Å². The molecule has 11 heavy (non-hydrogen) atoms. The van der Waals surface area contributed by atoms with Gasteiger partial charge in [-0.25, -0.2) is 15.6 Å². The van der Waals surface area contributed by atoms with Crippen LogP contribution in [-0.2, 0) is 4.74 Å². The van der Waals surface area contributed by atoms with Crippen LogP contribution in [0.5, 0.6) is 0 Å². The number of carbonyl (C=O) groups excluding carboxylic acids is 1. The van der Waals surface area contributed by atoms with E-state index in [2.05, 4.69) is 0 Å². The summed E-state index contributed by atoms with van der Waals surface area (Å²) in [5, 5.41) is 1.08. The number of hydrogen-bond donors (Lipinski definition) is 1. The Morgan fingerprint density at radius 2 is 2.18 bits per heavy atom. The first kappa shape index (κ1) is 10.2. The van der Waals surface area contributed by atoms with Crippen molar-refractivity contribution in [2.75, 3.05) is 6.61 Å². The summed E-state index contributed by atoms with van der Waals surface area (Å²) in [6, 6.07) is -0.0145. The molecule has 0 aromatic heterocycles. The zero-order chi connectivity index (χ0) is 8.85. The first-order chi connectivity index (χ1) is 5.09. The van der Waals surface area contributed by atoms with Crippen molar-refractivity contribution in [3.05, 3.63) is 0 Å².